The minimum atomic E-state index is -3.84. The van der Waals surface area contributed by atoms with E-state index in [0.717, 1.165) is 32.8 Å². The zero-order chi connectivity index (χ0) is 30.4. The van der Waals surface area contributed by atoms with E-state index in [2.05, 4.69) is 5.32 Å². The average molecular weight is 580 g/mol. The molecule has 0 bridgehead atoms. The van der Waals surface area contributed by atoms with Crippen molar-refractivity contribution in [2.75, 3.05) is 24.2 Å². The molecule has 0 spiro atoms. The molecule has 0 saturated carbocycles. The van der Waals surface area contributed by atoms with Crippen LogP contribution in [0.2, 0.25) is 0 Å². The van der Waals surface area contributed by atoms with E-state index < -0.39 is 34.1 Å². The van der Waals surface area contributed by atoms with Crippen LogP contribution >= 0.6 is 0 Å². The van der Waals surface area contributed by atoms with Gasteiger partial charge in [0.05, 0.1) is 19.1 Å². The molecule has 0 heterocycles. The predicted octanol–water partition coefficient (Wildman–Crippen LogP) is 4.63. The van der Waals surface area contributed by atoms with E-state index in [-0.39, 0.29) is 18.9 Å². The summed E-state index contributed by atoms with van der Waals surface area (Å²) in [5, 5.41) is 3.03. The second kappa shape index (κ2) is 13.2. The van der Waals surface area contributed by atoms with E-state index in [1.165, 1.54) is 4.90 Å². The zero-order valence-electron chi connectivity index (χ0n) is 25.0. The van der Waals surface area contributed by atoms with Gasteiger partial charge in [0.25, 0.3) is 0 Å². The Labute approximate surface area is 244 Å². The molecule has 0 saturated heterocycles. The van der Waals surface area contributed by atoms with Crippen molar-refractivity contribution >= 4 is 27.5 Å². The fraction of sp³-hybridized carbons (Fsp3) is 0.375. The molecule has 0 aromatic heterocycles. The van der Waals surface area contributed by atoms with Gasteiger partial charge in [-0.15, -0.1) is 0 Å². The highest BCUT2D eigenvalue weighted by molar-refractivity contribution is 7.92. The van der Waals surface area contributed by atoms with Crippen molar-refractivity contribution in [3.8, 4) is 5.75 Å². The van der Waals surface area contributed by atoms with Gasteiger partial charge in [0, 0.05) is 18.5 Å². The molecule has 3 rings (SSSR count). The molecule has 0 radical (unpaired) electrons. The van der Waals surface area contributed by atoms with Crippen LogP contribution in [0.1, 0.15) is 43.0 Å². The fourth-order valence-electron chi connectivity index (χ4n) is 4.75. The first-order valence-electron chi connectivity index (χ1n) is 13.5. The number of anilines is 1. The van der Waals surface area contributed by atoms with Crippen LogP contribution in [-0.4, -0.2) is 56.6 Å². The van der Waals surface area contributed by atoms with Crippen molar-refractivity contribution < 1.29 is 22.7 Å². The molecule has 1 N–H and O–H groups in total. The van der Waals surface area contributed by atoms with Crippen LogP contribution in [0, 0.1) is 13.8 Å². The van der Waals surface area contributed by atoms with Crippen LogP contribution in [-0.2, 0) is 32.6 Å². The molecule has 0 fully saturated rings. The van der Waals surface area contributed by atoms with E-state index in [1.54, 1.807) is 19.2 Å². The molecule has 220 valence electrons. The van der Waals surface area contributed by atoms with Crippen molar-refractivity contribution in [3.05, 3.63) is 95.1 Å². The number of hydrogen-bond acceptors (Lipinski definition) is 5. The summed E-state index contributed by atoms with van der Waals surface area (Å²) < 4.78 is 32.7. The van der Waals surface area contributed by atoms with Gasteiger partial charge in [-0.05, 0) is 69.0 Å². The summed E-state index contributed by atoms with van der Waals surface area (Å²) in [6, 6.07) is 21.3. The van der Waals surface area contributed by atoms with Gasteiger partial charge in [-0.1, -0.05) is 60.7 Å². The molecule has 8 nitrogen and oxygen atoms in total. The van der Waals surface area contributed by atoms with Gasteiger partial charge >= 0.3 is 0 Å². The van der Waals surface area contributed by atoms with Crippen LogP contribution in [0.15, 0.2) is 72.8 Å². The first kappa shape index (κ1) is 31.7. The lowest BCUT2D eigenvalue weighted by molar-refractivity contribution is -0.140. The smallest absolute Gasteiger partial charge is 0.244 e. The van der Waals surface area contributed by atoms with Crippen molar-refractivity contribution in [3.63, 3.8) is 0 Å². The second-order valence-corrected chi connectivity index (χ2v) is 13.2. The molecule has 3 aromatic carbocycles. The third kappa shape index (κ3) is 8.82. The number of para-hydroxylation sites is 1. The predicted molar refractivity (Wildman–Crippen MR) is 163 cm³/mol. The lowest BCUT2D eigenvalue weighted by Crippen LogP contribution is -2.56. The topological polar surface area (TPSA) is 96.0 Å². The number of carbonyl (C=O) groups excluding carboxylic acids is 2. The van der Waals surface area contributed by atoms with Crippen molar-refractivity contribution in [1.82, 2.24) is 10.2 Å². The maximum atomic E-state index is 14.3. The minimum Gasteiger partial charge on any atom is -0.497 e. The molecular formula is C32H41N3O5S. The summed E-state index contributed by atoms with van der Waals surface area (Å²) in [5.74, 6) is -0.205. The average Bonchev–Trinajstić information content (AvgIpc) is 2.89. The van der Waals surface area contributed by atoms with Gasteiger partial charge in [-0.2, -0.15) is 0 Å². The van der Waals surface area contributed by atoms with Gasteiger partial charge in [0.1, 0.15) is 18.3 Å². The highest BCUT2D eigenvalue weighted by Gasteiger charge is 2.34. The Kier molecular flexibility index (Phi) is 10.2. The number of nitrogens with one attached hydrogen (secondary N) is 1. The standard InChI is InChI=1S/C32H41N3O5S/c1-23-13-11-14-24(2)30(23)35(41(7,38)39)22-29(36)34(21-26-17-12-18-27(19-26)40-6)28(31(37)33-32(3,4)5)20-25-15-9-8-10-16-25/h8-19,28H,20-22H2,1-7H3,(H,33,37)/t28-/m1/s1. The Morgan fingerprint density at radius 2 is 1.49 bits per heavy atom. The summed E-state index contributed by atoms with van der Waals surface area (Å²) in [6.45, 7) is 8.89. The van der Waals surface area contributed by atoms with E-state index in [0.29, 0.717) is 11.4 Å². The van der Waals surface area contributed by atoms with E-state index in [4.69, 9.17) is 4.74 Å². The molecule has 0 aliphatic carbocycles. The number of methoxy groups -OCH3 is 1. The summed E-state index contributed by atoms with van der Waals surface area (Å²) >= 11 is 0. The maximum absolute atomic E-state index is 14.3. The van der Waals surface area contributed by atoms with Gasteiger partial charge < -0.3 is 15.0 Å². The van der Waals surface area contributed by atoms with Gasteiger partial charge in [-0.3, -0.25) is 13.9 Å². The first-order chi connectivity index (χ1) is 19.2. The lowest BCUT2D eigenvalue weighted by Gasteiger charge is -2.35. The Balaban J connectivity index is 2.12. The third-order valence-corrected chi connectivity index (χ3v) is 7.74. The molecular weight excluding hydrogens is 538 g/mol. The van der Waals surface area contributed by atoms with Gasteiger partial charge in [0.15, 0.2) is 0 Å². The highest BCUT2D eigenvalue weighted by Crippen LogP contribution is 2.27. The molecule has 0 aliphatic heterocycles. The fourth-order valence-corrected chi connectivity index (χ4v) is 5.71. The minimum absolute atomic E-state index is 0.0788. The number of rotatable bonds is 11. The molecule has 9 heteroatoms. The molecule has 0 aliphatic rings. The Bertz CT molecular complexity index is 1450. The van der Waals surface area contributed by atoms with Crippen molar-refractivity contribution in [2.24, 2.45) is 0 Å². The molecule has 0 unspecified atom stereocenters. The lowest BCUT2D eigenvalue weighted by atomic mass is 10.0. The Morgan fingerprint density at radius 3 is 2.05 bits per heavy atom. The number of ether oxygens (including phenoxy) is 1. The summed E-state index contributed by atoms with van der Waals surface area (Å²) in [7, 11) is -2.28. The van der Waals surface area contributed by atoms with Crippen LogP contribution in [0.5, 0.6) is 5.75 Å². The zero-order valence-corrected chi connectivity index (χ0v) is 25.8. The molecule has 3 aromatic rings. The summed E-state index contributed by atoms with van der Waals surface area (Å²) in [5.41, 5.74) is 3.00. The number of sulfonamides is 1. The normalized spacial score (nSPS) is 12.4. The highest BCUT2D eigenvalue weighted by atomic mass is 32.2. The van der Waals surface area contributed by atoms with E-state index in [1.807, 2.05) is 95.3 Å². The van der Waals surface area contributed by atoms with Gasteiger partial charge in [-0.25, -0.2) is 8.42 Å². The summed E-state index contributed by atoms with van der Waals surface area (Å²) in [4.78, 5) is 29.6. The molecule has 41 heavy (non-hydrogen) atoms. The van der Waals surface area contributed by atoms with Crippen LogP contribution < -0.4 is 14.4 Å². The number of amides is 2. The van der Waals surface area contributed by atoms with Crippen LogP contribution in [0.25, 0.3) is 0 Å². The monoisotopic (exact) mass is 579 g/mol. The third-order valence-electron chi connectivity index (χ3n) is 6.62. The summed E-state index contributed by atoms with van der Waals surface area (Å²) in [6.07, 6.45) is 1.34. The van der Waals surface area contributed by atoms with E-state index >= 15 is 0 Å². The molecule has 2 amide bonds. The maximum Gasteiger partial charge on any atom is 0.244 e. The number of benzene rings is 3. The van der Waals surface area contributed by atoms with E-state index in [9.17, 15) is 18.0 Å². The largest absolute Gasteiger partial charge is 0.497 e. The number of carbonyl (C=O) groups is 2. The first-order valence-corrected chi connectivity index (χ1v) is 15.4. The van der Waals surface area contributed by atoms with Crippen LogP contribution in [0.3, 0.4) is 0 Å². The Morgan fingerprint density at radius 1 is 0.902 bits per heavy atom. The van der Waals surface area contributed by atoms with Crippen LogP contribution in [0.4, 0.5) is 5.69 Å². The van der Waals surface area contributed by atoms with Gasteiger partial charge in [0.2, 0.25) is 21.8 Å². The van der Waals surface area contributed by atoms with Crippen molar-refractivity contribution in [1.29, 1.82) is 0 Å². The SMILES string of the molecule is COc1cccc(CN(C(=O)CN(c2c(C)cccc2C)S(C)(=O)=O)[C@H](Cc2ccccc2)C(=O)NC(C)(C)C)c1. The number of nitrogens with zero attached hydrogens (tertiary/aromatic N) is 2. The quantitative estimate of drug-likeness (QED) is 0.357. The number of aryl methyl sites for hydroxylation is 2. The second-order valence-electron chi connectivity index (χ2n) is 11.3. The number of hydrogen-bond donors (Lipinski definition) is 1. The van der Waals surface area contributed by atoms with Crippen molar-refractivity contribution in [2.45, 2.75) is 59.2 Å². The molecule has 1 atom stereocenters. The Hall–Kier alpha value is -3.85.